The highest BCUT2D eigenvalue weighted by atomic mass is 16.1. The molecule has 1 aromatic carbocycles. The van der Waals surface area contributed by atoms with Crippen LogP contribution in [-0.4, -0.2) is 15.7 Å². The van der Waals surface area contributed by atoms with Gasteiger partial charge in [-0.3, -0.25) is 9.48 Å². The maximum atomic E-state index is 12.2. The highest BCUT2D eigenvalue weighted by Crippen LogP contribution is 2.13. The molecule has 0 spiro atoms. The number of benzene rings is 1. The lowest BCUT2D eigenvalue weighted by Crippen LogP contribution is -2.26. The van der Waals surface area contributed by atoms with Gasteiger partial charge in [-0.1, -0.05) is 30.3 Å². The number of rotatable bonds is 4. The van der Waals surface area contributed by atoms with Gasteiger partial charge in [0.05, 0.1) is 17.3 Å². The Morgan fingerprint density at radius 1 is 1.37 bits per heavy atom. The zero-order valence-electron chi connectivity index (χ0n) is 11.6. The molecule has 0 aliphatic rings. The number of nitrogens with zero attached hydrogens (tertiary/aromatic N) is 2. The van der Waals surface area contributed by atoms with Crippen molar-refractivity contribution in [3.8, 4) is 0 Å². The van der Waals surface area contributed by atoms with Gasteiger partial charge in [-0.2, -0.15) is 5.10 Å². The van der Waals surface area contributed by atoms with Crippen molar-refractivity contribution in [2.24, 2.45) is 0 Å². The van der Waals surface area contributed by atoms with Crippen molar-refractivity contribution in [2.75, 3.05) is 0 Å². The Balaban J connectivity index is 2.10. The van der Waals surface area contributed by atoms with Crippen molar-refractivity contribution < 1.29 is 4.79 Å². The van der Waals surface area contributed by atoms with Gasteiger partial charge in [0.2, 0.25) is 0 Å². The van der Waals surface area contributed by atoms with E-state index in [9.17, 15) is 4.79 Å². The summed E-state index contributed by atoms with van der Waals surface area (Å²) in [5.74, 6) is -0.0754. The van der Waals surface area contributed by atoms with Crippen LogP contribution >= 0.6 is 0 Å². The third kappa shape index (κ3) is 3.02. The number of carbonyl (C=O) groups is 1. The molecule has 100 valence electrons. The van der Waals surface area contributed by atoms with Crippen LogP contribution in [-0.2, 0) is 6.54 Å². The van der Waals surface area contributed by atoms with Gasteiger partial charge in [-0.25, -0.2) is 0 Å². The molecule has 1 unspecified atom stereocenters. The smallest absolute Gasteiger partial charge is 0.255 e. The molecule has 0 aliphatic carbocycles. The van der Waals surface area contributed by atoms with Crippen LogP contribution in [0.3, 0.4) is 0 Å². The summed E-state index contributed by atoms with van der Waals surface area (Å²) in [6, 6.07) is 9.91. The first-order chi connectivity index (χ1) is 9.11. The van der Waals surface area contributed by atoms with Crippen LogP contribution in [0, 0.1) is 6.92 Å². The zero-order chi connectivity index (χ0) is 13.8. The van der Waals surface area contributed by atoms with Crippen molar-refractivity contribution in [3.05, 3.63) is 53.3 Å². The van der Waals surface area contributed by atoms with Crippen molar-refractivity contribution in [2.45, 2.75) is 33.4 Å². The molecule has 0 saturated carbocycles. The van der Waals surface area contributed by atoms with E-state index in [-0.39, 0.29) is 11.9 Å². The Bertz CT molecular complexity index is 560. The van der Waals surface area contributed by atoms with Crippen molar-refractivity contribution in [1.82, 2.24) is 15.1 Å². The third-order valence-corrected chi connectivity index (χ3v) is 3.16. The Kier molecular flexibility index (Phi) is 4.00. The Morgan fingerprint density at radius 3 is 2.63 bits per heavy atom. The summed E-state index contributed by atoms with van der Waals surface area (Å²) < 4.78 is 1.78. The van der Waals surface area contributed by atoms with E-state index in [1.165, 1.54) is 0 Å². The van der Waals surface area contributed by atoms with E-state index >= 15 is 0 Å². The number of nitrogens with one attached hydrogen (secondary N) is 1. The SMILES string of the molecule is CCn1cc(C(=O)NC(C)c2ccccc2)c(C)n1. The molecule has 2 rings (SSSR count). The number of amides is 1. The molecule has 1 heterocycles. The van der Waals surface area contributed by atoms with E-state index in [4.69, 9.17) is 0 Å². The molecule has 0 aliphatic heterocycles. The van der Waals surface area contributed by atoms with Gasteiger partial charge >= 0.3 is 0 Å². The van der Waals surface area contributed by atoms with Crippen molar-refractivity contribution in [3.63, 3.8) is 0 Å². The lowest BCUT2D eigenvalue weighted by Gasteiger charge is -2.13. The highest BCUT2D eigenvalue weighted by molar-refractivity contribution is 5.95. The van der Waals surface area contributed by atoms with Gasteiger partial charge < -0.3 is 5.32 Å². The summed E-state index contributed by atoms with van der Waals surface area (Å²) in [6.07, 6.45) is 1.79. The number of hydrogen-bond donors (Lipinski definition) is 1. The molecule has 0 saturated heterocycles. The lowest BCUT2D eigenvalue weighted by atomic mass is 10.1. The van der Waals surface area contributed by atoms with Gasteiger partial charge in [0.1, 0.15) is 0 Å². The maximum Gasteiger partial charge on any atom is 0.255 e. The minimum atomic E-state index is -0.0754. The molecular formula is C15H19N3O. The van der Waals surface area contributed by atoms with Crippen LogP contribution in [0.15, 0.2) is 36.5 Å². The minimum absolute atomic E-state index is 0.0157. The van der Waals surface area contributed by atoms with Gasteiger partial charge in [-0.15, -0.1) is 0 Å². The Labute approximate surface area is 113 Å². The number of aromatic nitrogens is 2. The van der Waals surface area contributed by atoms with E-state index in [0.717, 1.165) is 17.8 Å². The molecule has 1 aromatic heterocycles. The van der Waals surface area contributed by atoms with E-state index < -0.39 is 0 Å². The fourth-order valence-corrected chi connectivity index (χ4v) is 2.00. The molecular weight excluding hydrogens is 238 g/mol. The van der Waals surface area contributed by atoms with Crippen molar-refractivity contribution >= 4 is 5.91 Å². The quantitative estimate of drug-likeness (QED) is 0.915. The average Bonchev–Trinajstić information content (AvgIpc) is 2.81. The lowest BCUT2D eigenvalue weighted by molar-refractivity contribution is 0.0939. The molecule has 2 aromatic rings. The summed E-state index contributed by atoms with van der Waals surface area (Å²) in [5.41, 5.74) is 2.50. The highest BCUT2D eigenvalue weighted by Gasteiger charge is 2.15. The number of aryl methyl sites for hydroxylation is 2. The van der Waals surface area contributed by atoms with Gasteiger partial charge in [-0.05, 0) is 26.3 Å². The molecule has 1 N–H and O–H groups in total. The Morgan fingerprint density at radius 2 is 2.05 bits per heavy atom. The van der Waals surface area contributed by atoms with Crippen LogP contribution in [0.25, 0.3) is 0 Å². The summed E-state index contributed by atoms with van der Waals surface area (Å²) in [6.45, 7) is 6.60. The van der Waals surface area contributed by atoms with Crippen LogP contribution in [0.5, 0.6) is 0 Å². The number of hydrogen-bond acceptors (Lipinski definition) is 2. The molecule has 0 radical (unpaired) electrons. The minimum Gasteiger partial charge on any atom is -0.345 e. The van der Waals surface area contributed by atoms with Gasteiger partial charge in [0.25, 0.3) is 5.91 Å². The predicted molar refractivity (Wildman–Crippen MR) is 75.0 cm³/mol. The summed E-state index contributed by atoms with van der Waals surface area (Å²) in [5, 5.41) is 7.28. The van der Waals surface area contributed by atoms with Crippen LogP contribution in [0.1, 0.15) is 41.5 Å². The summed E-state index contributed by atoms with van der Waals surface area (Å²) >= 11 is 0. The second-order valence-corrected chi connectivity index (χ2v) is 4.59. The molecule has 4 nitrogen and oxygen atoms in total. The monoisotopic (exact) mass is 257 g/mol. The summed E-state index contributed by atoms with van der Waals surface area (Å²) in [4.78, 5) is 12.2. The molecule has 4 heteroatoms. The van der Waals surface area contributed by atoms with Crippen LogP contribution < -0.4 is 5.32 Å². The molecule has 0 fully saturated rings. The first kappa shape index (κ1) is 13.3. The van der Waals surface area contributed by atoms with E-state index in [1.807, 2.05) is 51.1 Å². The van der Waals surface area contributed by atoms with Gasteiger partial charge in [0, 0.05) is 12.7 Å². The largest absolute Gasteiger partial charge is 0.345 e. The Hall–Kier alpha value is -2.10. The number of carbonyl (C=O) groups excluding carboxylic acids is 1. The van der Waals surface area contributed by atoms with Gasteiger partial charge in [0.15, 0.2) is 0 Å². The van der Waals surface area contributed by atoms with E-state index in [0.29, 0.717) is 5.56 Å². The standard InChI is InChI=1S/C15H19N3O/c1-4-18-10-14(12(3)17-18)15(19)16-11(2)13-8-6-5-7-9-13/h5-11H,4H2,1-3H3,(H,16,19). The first-order valence-corrected chi connectivity index (χ1v) is 6.51. The molecule has 1 amide bonds. The topological polar surface area (TPSA) is 46.9 Å². The van der Waals surface area contributed by atoms with E-state index in [1.54, 1.807) is 10.9 Å². The fraction of sp³-hybridized carbons (Fsp3) is 0.333. The maximum absolute atomic E-state index is 12.2. The van der Waals surface area contributed by atoms with Crippen LogP contribution in [0.2, 0.25) is 0 Å². The van der Waals surface area contributed by atoms with Crippen LogP contribution in [0.4, 0.5) is 0 Å². The average molecular weight is 257 g/mol. The molecule has 1 atom stereocenters. The molecule has 19 heavy (non-hydrogen) atoms. The first-order valence-electron chi connectivity index (χ1n) is 6.51. The third-order valence-electron chi connectivity index (χ3n) is 3.16. The van der Waals surface area contributed by atoms with E-state index in [2.05, 4.69) is 10.4 Å². The fourth-order valence-electron chi connectivity index (χ4n) is 2.00. The normalized spacial score (nSPS) is 12.2. The zero-order valence-corrected chi connectivity index (χ0v) is 11.6. The summed E-state index contributed by atoms with van der Waals surface area (Å²) in [7, 11) is 0. The second-order valence-electron chi connectivity index (χ2n) is 4.59. The molecule has 0 bridgehead atoms. The van der Waals surface area contributed by atoms with Crippen molar-refractivity contribution in [1.29, 1.82) is 0 Å². The predicted octanol–water partition coefficient (Wildman–Crippen LogP) is 2.70. The second kappa shape index (κ2) is 5.69.